The number of nitrogens with zero attached hydrogens (tertiary/aromatic N) is 2. The maximum absolute atomic E-state index is 11.5. The molecule has 0 radical (unpaired) electrons. The van der Waals surface area contributed by atoms with Crippen LogP contribution < -0.4 is 10.6 Å². The Kier molecular flexibility index (Phi) is 7.31. The van der Waals surface area contributed by atoms with Gasteiger partial charge in [0.05, 0.1) is 5.75 Å². The number of aliphatic carboxylic acids is 1. The van der Waals surface area contributed by atoms with Crippen LogP contribution in [0.15, 0.2) is 4.34 Å². The Morgan fingerprint density at radius 2 is 2.15 bits per heavy atom. The second kappa shape index (κ2) is 8.75. The summed E-state index contributed by atoms with van der Waals surface area (Å²) in [4.78, 5) is 21.9. The van der Waals surface area contributed by atoms with Crippen molar-refractivity contribution in [2.24, 2.45) is 5.92 Å². The number of rotatable bonds is 9. The highest BCUT2D eigenvalue weighted by Gasteiger charge is 2.07. The number of carboxylic acid groups (broad SMARTS) is 1. The third-order valence-electron chi connectivity index (χ3n) is 2.06. The van der Waals surface area contributed by atoms with Crippen molar-refractivity contribution >= 4 is 40.1 Å². The molecule has 0 spiro atoms. The predicted molar refractivity (Wildman–Crippen MR) is 79.2 cm³/mol. The molecule has 0 atom stereocenters. The van der Waals surface area contributed by atoms with Gasteiger partial charge in [-0.1, -0.05) is 36.9 Å². The van der Waals surface area contributed by atoms with E-state index in [9.17, 15) is 9.59 Å². The number of carboxylic acids is 1. The van der Waals surface area contributed by atoms with E-state index in [4.69, 9.17) is 5.11 Å². The van der Waals surface area contributed by atoms with E-state index < -0.39 is 5.97 Å². The van der Waals surface area contributed by atoms with Crippen molar-refractivity contribution in [3.05, 3.63) is 0 Å². The van der Waals surface area contributed by atoms with Gasteiger partial charge in [-0.2, -0.15) is 0 Å². The third-order valence-corrected chi connectivity index (χ3v) is 4.06. The molecular formula is C11H18N4O3S2. The summed E-state index contributed by atoms with van der Waals surface area (Å²) in [5, 5.41) is 22.7. The fraction of sp³-hybridized carbons (Fsp3) is 0.636. The van der Waals surface area contributed by atoms with Crippen molar-refractivity contribution in [3.8, 4) is 0 Å². The number of hydrogen-bond acceptors (Lipinski definition) is 7. The van der Waals surface area contributed by atoms with Crippen LogP contribution in [-0.4, -0.2) is 46.0 Å². The second-order valence-corrected chi connectivity index (χ2v) is 6.63. The summed E-state index contributed by atoms with van der Waals surface area (Å²) in [5.74, 6) is -0.492. The second-order valence-electron chi connectivity index (χ2n) is 4.43. The number of thioether (sulfide) groups is 1. The molecule has 0 saturated carbocycles. The lowest BCUT2D eigenvalue weighted by atomic mass is 10.2. The third kappa shape index (κ3) is 7.29. The van der Waals surface area contributed by atoms with E-state index in [1.54, 1.807) is 0 Å². The lowest BCUT2D eigenvalue weighted by Crippen LogP contribution is -2.28. The van der Waals surface area contributed by atoms with E-state index in [0.717, 1.165) is 11.8 Å². The molecule has 1 aromatic heterocycles. The van der Waals surface area contributed by atoms with Crippen molar-refractivity contribution in [1.82, 2.24) is 15.5 Å². The summed E-state index contributed by atoms with van der Waals surface area (Å²) in [6.07, 6.45) is 0.365. The summed E-state index contributed by atoms with van der Waals surface area (Å²) >= 11 is 2.41. The summed E-state index contributed by atoms with van der Waals surface area (Å²) in [6, 6.07) is 0. The van der Waals surface area contributed by atoms with E-state index >= 15 is 0 Å². The lowest BCUT2D eigenvalue weighted by molar-refractivity contribution is -0.134. The number of carbonyl (C=O) groups is 2. The minimum atomic E-state index is -0.887. The Morgan fingerprint density at radius 1 is 1.40 bits per heavy atom. The van der Waals surface area contributed by atoms with E-state index in [0.29, 0.717) is 34.9 Å². The molecule has 7 nitrogen and oxygen atoms in total. The Hall–Kier alpha value is -1.35. The molecule has 0 fully saturated rings. The van der Waals surface area contributed by atoms with E-state index in [1.807, 2.05) is 13.8 Å². The van der Waals surface area contributed by atoms with Gasteiger partial charge in [-0.25, -0.2) is 0 Å². The molecule has 1 heterocycles. The maximum Gasteiger partial charge on any atom is 0.313 e. The van der Waals surface area contributed by atoms with Gasteiger partial charge < -0.3 is 15.7 Å². The van der Waals surface area contributed by atoms with Crippen LogP contribution in [0.2, 0.25) is 0 Å². The number of anilines is 1. The van der Waals surface area contributed by atoms with E-state index in [1.165, 1.54) is 11.3 Å². The SMILES string of the molecule is CC(C)CNC(=O)CCNc1nnc(SCC(=O)O)s1. The highest BCUT2D eigenvalue weighted by atomic mass is 32.2. The molecule has 3 N–H and O–H groups in total. The molecule has 9 heteroatoms. The quantitative estimate of drug-likeness (QED) is 0.589. The number of aromatic nitrogens is 2. The van der Waals surface area contributed by atoms with E-state index in [-0.39, 0.29) is 11.7 Å². The molecule has 0 saturated heterocycles. The first kappa shape index (κ1) is 16.7. The first-order valence-corrected chi connectivity index (χ1v) is 7.96. The molecule has 0 aromatic carbocycles. The normalized spacial score (nSPS) is 10.6. The zero-order valence-electron chi connectivity index (χ0n) is 11.4. The van der Waals surface area contributed by atoms with Crippen LogP contribution in [0.25, 0.3) is 0 Å². The van der Waals surface area contributed by atoms with Gasteiger partial charge >= 0.3 is 5.97 Å². The smallest absolute Gasteiger partial charge is 0.313 e. The van der Waals surface area contributed by atoms with Crippen molar-refractivity contribution in [1.29, 1.82) is 0 Å². The van der Waals surface area contributed by atoms with Crippen LogP contribution in [-0.2, 0) is 9.59 Å². The lowest BCUT2D eigenvalue weighted by Gasteiger charge is -2.07. The molecule has 20 heavy (non-hydrogen) atoms. The Bertz CT molecular complexity index is 451. The molecule has 0 aliphatic rings. The van der Waals surface area contributed by atoms with Gasteiger partial charge in [0.2, 0.25) is 11.0 Å². The highest BCUT2D eigenvalue weighted by Crippen LogP contribution is 2.24. The average Bonchev–Trinajstić information content (AvgIpc) is 2.82. The van der Waals surface area contributed by atoms with Crippen molar-refractivity contribution in [3.63, 3.8) is 0 Å². The van der Waals surface area contributed by atoms with Crippen LogP contribution in [0.4, 0.5) is 5.13 Å². The minimum Gasteiger partial charge on any atom is -0.481 e. The maximum atomic E-state index is 11.5. The van der Waals surface area contributed by atoms with Crippen molar-refractivity contribution < 1.29 is 14.7 Å². The minimum absolute atomic E-state index is 0.00353. The molecular weight excluding hydrogens is 300 g/mol. The number of amides is 1. The number of hydrogen-bond donors (Lipinski definition) is 3. The zero-order valence-corrected chi connectivity index (χ0v) is 13.0. The number of carbonyl (C=O) groups excluding carboxylic acids is 1. The zero-order chi connectivity index (χ0) is 15.0. The van der Waals surface area contributed by atoms with Gasteiger partial charge in [0.15, 0.2) is 4.34 Å². The van der Waals surface area contributed by atoms with Gasteiger partial charge in [0, 0.05) is 19.5 Å². The summed E-state index contributed by atoms with van der Waals surface area (Å²) < 4.78 is 0.596. The first-order chi connectivity index (χ1) is 9.47. The summed E-state index contributed by atoms with van der Waals surface area (Å²) in [5.41, 5.74) is 0. The molecule has 1 amide bonds. The fourth-order valence-corrected chi connectivity index (χ4v) is 2.65. The van der Waals surface area contributed by atoms with Crippen LogP contribution in [0.5, 0.6) is 0 Å². The number of nitrogens with one attached hydrogen (secondary N) is 2. The van der Waals surface area contributed by atoms with Crippen LogP contribution in [0.1, 0.15) is 20.3 Å². The summed E-state index contributed by atoms with van der Waals surface area (Å²) in [7, 11) is 0. The fourth-order valence-electron chi connectivity index (χ4n) is 1.15. The van der Waals surface area contributed by atoms with Crippen LogP contribution >= 0.6 is 23.1 Å². The van der Waals surface area contributed by atoms with Gasteiger partial charge in [-0.3, -0.25) is 9.59 Å². The van der Waals surface area contributed by atoms with Crippen molar-refractivity contribution in [2.45, 2.75) is 24.6 Å². The van der Waals surface area contributed by atoms with Crippen LogP contribution in [0.3, 0.4) is 0 Å². The molecule has 0 aliphatic carbocycles. The molecule has 0 unspecified atom stereocenters. The molecule has 1 rings (SSSR count). The monoisotopic (exact) mass is 318 g/mol. The average molecular weight is 318 g/mol. The molecule has 112 valence electrons. The van der Waals surface area contributed by atoms with Gasteiger partial charge in [-0.15, -0.1) is 10.2 Å². The van der Waals surface area contributed by atoms with Gasteiger partial charge in [0.1, 0.15) is 0 Å². The summed E-state index contributed by atoms with van der Waals surface area (Å²) in [6.45, 7) is 5.22. The first-order valence-electron chi connectivity index (χ1n) is 6.16. The van der Waals surface area contributed by atoms with E-state index in [2.05, 4.69) is 20.8 Å². The largest absolute Gasteiger partial charge is 0.481 e. The predicted octanol–water partition coefficient (Wildman–Crippen LogP) is 1.29. The molecule has 0 bridgehead atoms. The Labute approximate surface area is 125 Å². The van der Waals surface area contributed by atoms with Gasteiger partial charge in [0.25, 0.3) is 0 Å². The Morgan fingerprint density at radius 3 is 2.80 bits per heavy atom. The highest BCUT2D eigenvalue weighted by molar-refractivity contribution is 8.01. The van der Waals surface area contributed by atoms with Crippen molar-refractivity contribution in [2.75, 3.05) is 24.2 Å². The molecule has 1 aromatic rings. The Balaban J connectivity index is 2.22. The topological polar surface area (TPSA) is 104 Å². The standard InChI is InChI=1S/C11H18N4O3S2/c1-7(2)5-13-8(16)3-4-12-10-14-15-11(20-10)19-6-9(17)18/h7H,3-6H2,1-2H3,(H,12,14)(H,13,16)(H,17,18). The van der Waals surface area contributed by atoms with Crippen LogP contribution in [0, 0.1) is 5.92 Å². The van der Waals surface area contributed by atoms with Gasteiger partial charge in [-0.05, 0) is 5.92 Å². The molecule has 0 aliphatic heterocycles.